The Morgan fingerprint density at radius 3 is 2.27 bits per heavy atom. The summed E-state index contributed by atoms with van der Waals surface area (Å²) in [5.74, 6) is -1.06. The molecular formula is C20H23NO4S. The van der Waals surface area contributed by atoms with Crippen LogP contribution in [0.5, 0.6) is 0 Å². The minimum Gasteiger partial charge on any atom is -0.465 e. The lowest BCUT2D eigenvalue weighted by molar-refractivity contribution is -0.149. The number of ether oxygens (including phenoxy) is 1. The van der Waals surface area contributed by atoms with Crippen LogP contribution in [0.4, 0.5) is 0 Å². The third-order valence-corrected chi connectivity index (χ3v) is 7.38. The summed E-state index contributed by atoms with van der Waals surface area (Å²) >= 11 is 0. The maximum atomic E-state index is 13.3. The fourth-order valence-electron chi connectivity index (χ4n) is 3.70. The molecule has 3 rings (SSSR count). The highest BCUT2D eigenvalue weighted by Gasteiger charge is 2.75. The molecular weight excluding hydrogens is 350 g/mol. The Kier molecular flexibility index (Phi) is 4.90. The van der Waals surface area contributed by atoms with Crippen molar-refractivity contribution in [3.8, 4) is 0 Å². The van der Waals surface area contributed by atoms with Gasteiger partial charge in [-0.15, -0.1) is 0 Å². The predicted octanol–water partition coefficient (Wildman–Crippen LogP) is 2.44. The van der Waals surface area contributed by atoms with E-state index in [2.05, 4.69) is 0 Å². The molecule has 1 aliphatic rings. The summed E-state index contributed by atoms with van der Waals surface area (Å²) < 4.78 is 31.7. The van der Waals surface area contributed by atoms with Crippen LogP contribution >= 0.6 is 0 Å². The molecule has 0 unspecified atom stereocenters. The molecule has 26 heavy (non-hydrogen) atoms. The summed E-state index contributed by atoms with van der Waals surface area (Å²) in [7, 11) is -3.74. The second-order valence-corrected chi connectivity index (χ2v) is 8.70. The summed E-state index contributed by atoms with van der Waals surface area (Å²) in [5.41, 5.74) is 6.56. The molecule has 0 radical (unpaired) electrons. The predicted molar refractivity (Wildman–Crippen MR) is 99.5 cm³/mol. The monoisotopic (exact) mass is 373 g/mol. The van der Waals surface area contributed by atoms with Gasteiger partial charge >= 0.3 is 5.97 Å². The van der Waals surface area contributed by atoms with Crippen molar-refractivity contribution in [1.82, 2.24) is 0 Å². The van der Waals surface area contributed by atoms with Gasteiger partial charge in [0.05, 0.1) is 16.8 Å². The first-order valence-corrected chi connectivity index (χ1v) is 10.2. The first-order chi connectivity index (χ1) is 12.4. The number of hydrogen-bond acceptors (Lipinski definition) is 5. The van der Waals surface area contributed by atoms with Crippen LogP contribution in [0.15, 0.2) is 59.5 Å². The standard InChI is InChI=1S/C20H23NO4S/c1-3-25-19(22)20(13-21)17(15-11-9-14(2)10-12-15)18(20)26(23,24)16-7-5-4-6-8-16/h4-12,17-18H,3,13,21H2,1-2H3/t17-,18-,20-/m1/s1. The van der Waals surface area contributed by atoms with Crippen molar-refractivity contribution in [1.29, 1.82) is 0 Å². The Hall–Kier alpha value is -2.18. The first-order valence-electron chi connectivity index (χ1n) is 8.62. The fraction of sp³-hybridized carbons (Fsp3) is 0.350. The molecule has 0 bridgehead atoms. The number of carbonyl (C=O) groups excluding carboxylic acids is 1. The average Bonchev–Trinajstić information content (AvgIpc) is 3.35. The molecule has 2 N–H and O–H groups in total. The van der Waals surface area contributed by atoms with Crippen molar-refractivity contribution >= 4 is 15.8 Å². The van der Waals surface area contributed by atoms with E-state index >= 15 is 0 Å². The fourth-order valence-corrected chi connectivity index (χ4v) is 6.10. The zero-order valence-corrected chi connectivity index (χ0v) is 15.7. The van der Waals surface area contributed by atoms with Gasteiger partial charge in [-0.3, -0.25) is 4.79 Å². The second kappa shape index (κ2) is 6.85. The Balaban J connectivity index is 2.11. The van der Waals surface area contributed by atoms with E-state index in [-0.39, 0.29) is 18.0 Å². The van der Waals surface area contributed by atoms with E-state index in [4.69, 9.17) is 10.5 Å². The van der Waals surface area contributed by atoms with Gasteiger partial charge in [-0.2, -0.15) is 0 Å². The summed E-state index contributed by atoms with van der Waals surface area (Å²) in [5, 5.41) is -0.927. The van der Waals surface area contributed by atoms with Gasteiger partial charge in [0.2, 0.25) is 0 Å². The van der Waals surface area contributed by atoms with Crippen molar-refractivity contribution in [3.63, 3.8) is 0 Å². The summed E-state index contributed by atoms with van der Waals surface area (Å²) in [6.45, 7) is 3.75. The van der Waals surface area contributed by atoms with Gasteiger partial charge in [0.1, 0.15) is 5.41 Å². The number of esters is 1. The van der Waals surface area contributed by atoms with E-state index in [0.717, 1.165) is 11.1 Å². The smallest absolute Gasteiger partial charge is 0.315 e. The molecule has 2 aromatic carbocycles. The molecule has 138 valence electrons. The van der Waals surface area contributed by atoms with Crippen LogP contribution in [-0.2, 0) is 19.4 Å². The number of nitrogens with two attached hydrogens (primary N) is 1. The minimum absolute atomic E-state index is 0.0822. The highest BCUT2D eigenvalue weighted by atomic mass is 32.2. The quantitative estimate of drug-likeness (QED) is 0.786. The van der Waals surface area contributed by atoms with Crippen LogP contribution < -0.4 is 5.73 Å². The van der Waals surface area contributed by atoms with Crippen molar-refractivity contribution in [3.05, 3.63) is 65.7 Å². The van der Waals surface area contributed by atoms with E-state index in [9.17, 15) is 13.2 Å². The third kappa shape index (κ3) is 2.83. The Labute approximate surface area is 154 Å². The van der Waals surface area contributed by atoms with Gasteiger partial charge in [0.25, 0.3) is 0 Å². The number of sulfone groups is 1. The van der Waals surface area contributed by atoms with Gasteiger partial charge in [-0.1, -0.05) is 48.0 Å². The lowest BCUT2D eigenvalue weighted by Gasteiger charge is -2.14. The van der Waals surface area contributed by atoms with Crippen LogP contribution in [0.3, 0.4) is 0 Å². The molecule has 0 heterocycles. The topological polar surface area (TPSA) is 86.5 Å². The molecule has 0 saturated heterocycles. The van der Waals surface area contributed by atoms with E-state index in [1.54, 1.807) is 37.3 Å². The zero-order chi connectivity index (χ0) is 18.9. The van der Waals surface area contributed by atoms with E-state index in [0.29, 0.717) is 0 Å². The molecule has 0 aromatic heterocycles. The second-order valence-electron chi connectivity index (χ2n) is 6.63. The molecule has 0 spiro atoms. The maximum absolute atomic E-state index is 13.3. The molecule has 5 nitrogen and oxygen atoms in total. The van der Waals surface area contributed by atoms with Crippen LogP contribution in [0.2, 0.25) is 0 Å². The highest BCUT2D eigenvalue weighted by Crippen LogP contribution is 2.64. The maximum Gasteiger partial charge on any atom is 0.315 e. The molecule has 1 aliphatic carbocycles. The molecule has 0 amide bonds. The van der Waals surface area contributed by atoms with Crippen molar-refractivity contribution in [2.75, 3.05) is 13.2 Å². The number of aryl methyl sites for hydroxylation is 1. The average molecular weight is 373 g/mol. The number of hydrogen-bond donors (Lipinski definition) is 1. The number of benzene rings is 2. The van der Waals surface area contributed by atoms with Crippen molar-refractivity contribution in [2.45, 2.75) is 29.9 Å². The van der Waals surface area contributed by atoms with Crippen molar-refractivity contribution < 1.29 is 17.9 Å². The zero-order valence-electron chi connectivity index (χ0n) is 14.9. The van der Waals surface area contributed by atoms with Gasteiger partial charge in [-0.25, -0.2) is 8.42 Å². The molecule has 0 aliphatic heterocycles. The van der Waals surface area contributed by atoms with Crippen LogP contribution in [0, 0.1) is 12.3 Å². The molecule has 1 saturated carbocycles. The van der Waals surface area contributed by atoms with E-state index in [1.807, 2.05) is 31.2 Å². The van der Waals surface area contributed by atoms with E-state index in [1.165, 1.54) is 0 Å². The summed E-state index contributed by atoms with van der Waals surface area (Å²) in [4.78, 5) is 12.9. The largest absolute Gasteiger partial charge is 0.465 e. The van der Waals surface area contributed by atoms with Crippen molar-refractivity contribution in [2.24, 2.45) is 11.1 Å². The lowest BCUT2D eigenvalue weighted by atomic mass is 9.98. The molecule has 3 atom stereocenters. The van der Waals surface area contributed by atoms with Crippen LogP contribution in [-0.4, -0.2) is 32.8 Å². The van der Waals surface area contributed by atoms with Crippen LogP contribution in [0.25, 0.3) is 0 Å². The summed E-state index contributed by atoms with van der Waals surface area (Å²) in [6.07, 6.45) is 0. The third-order valence-electron chi connectivity index (χ3n) is 5.09. The molecule has 1 fully saturated rings. The molecule has 6 heteroatoms. The van der Waals surface area contributed by atoms with Gasteiger partial charge in [-0.05, 0) is 31.5 Å². The normalized spacial score (nSPS) is 24.9. The first kappa shape index (κ1) is 18.6. The van der Waals surface area contributed by atoms with Crippen LogP contribution in [0.1, 0.15) is 24.0 Å². The number of rotatable bonds is 6. The van der Waals surface area contributed by atoms with Gasteiger partial charge in [0.15, 0.2) is 9.84 Å². The highest BCUT2D eigenvalue weighted by molar-refractivity contribution is 7.92. The number of carbonyl (C=O) groups is 1. The minimum atomic E-state index is -3.74. The van der Waals surface area contributed by atoms with Gasteiger partial charge < -0.3 is 10.5 Å². The summed E-state index contributed by atoms with van der Waals surface area (Å²) in [6, 6.07) is 15.7. The SMILES string of the molecule is CCOC(=O)[C@]1(CN)[C@H](c2ccc(C)cc2)[C@H]1S(=O)(=O)c1ccccc1. The van der Waals surface area contributed by atoms with Gasteiger partial charge in [0, 0.05) is 12.5 Å². The Morgan fingerprint density at radius 1 is 1.12 bits per heavy atom. The lowest BCUT2D eigenvalue weighted by Crippen LogP contribution is -2.33. The van der Waals surface area contributed by atoms with E-state index < -0.39 is 32.4 Å². The Bertz CT molecular complexity index is 893. The Morgan fingerprint density at radius 2 is 1.73 bits per heavy atom. The molecule has 2 aromatic rings.